The van der Waals surface area contributed by atoms with Crippen molar-refractivity contribution in [1.82, 2.24) is 9.97 Å². The first kappa shape index (κ1) is 13.1. The number of hydrogen-bond acceptors (Lipinski definition) is 3. The number of hydrazone groups is 1. The molecule has 0 unspecified atom stereocenters. The predicted molar refractivity (Wildman–Crippen MR) is 86.5 cm³/mol. The van der Waals surface area contributed by atoms with Crippen LogP contribution >= 0.6 is 27.5 Å². The van der Waals surface area contributed by atoms with Crippen LogP contribution in [0.1, 0.15) is 5.56 Å². The van der Waals surface area contributed by atoms with E-state index < -0.39 is 0 Å². The van der Waals surface area contributed by atoms with Gasteiger partial charge in [-0.3, -0.25) is 5.43 Å². The normalized spacial score (nSPS) is 11.3. The number of benzene rings is 1. The summed E-state index contributed by atoms with van der Waals surface area (Å²) in [6.45, 7) is 0. The van der Waals surface area contributed by atoms with Crippen molar-refractivity contribution in [3.63, 3.8) is 0 Å². The third kappa shape index (κ3) is 2.84. The smallest absolute Gasteiger partial charge is 0.147 e. The van der Waals surface area contributed by atoms with Gasteiger partial charge in [0.25, 0.3) is 0 Å². The summed E-state index contributed by atoms with van der Waals surface area (Å²) in [5, 5.41) is 5.71. The Labute approximate surface area is 129 Å². The summed E-state index contributed by atoms with van der Waals surface area (Å²) in [5.41, 5.74) is 4.91. The van der Waals surface area contributed by atoms with Crippen LogP contribution in [0.4, 0.5) is 5.82 Å². The fourth-order valence-corrected chi connectivity index (χ4v) is 2.38. The standard InChI is InChI=1S/C14H10BrClN4/c15-10-4-5-12-11(6-10)9(7-17-12)8-18-20-14-3-1-2-13(16)19-14/h1-8,17H,(H,19,20). The molecule has 20 heavy (non-hydrogen) atoms. The zero-order chi connectivity index (χ0) is 13.9. The number of anilines is 1. The van der Waals surface area contributed by atoms with Crippen molar-refractivity contribution in [3.05, 3.63) is 57.8 Å². The summed E-state index contributed by atoms with van der Waals surface area (Å²) < 4.78 is 1.03. The van der Waals surface area contributed by atoms with Crippen molar-refractivity contribution in [2.24, 2.45) is 5.10 Å². The van der Waals surface area contributed by atoms with Crippen molar-refractivity contribution < 1.29 is 0 Å². The average molecular weight is 350 g/mol. The number of fused-ring (bicyclic) bond motifs is 1. The lowest BCUT2D eigenvalue weighted by Crippen LogP contribution is -1.92. The lowest BCUT2D eigenvalue weighted by Gasteiger charge is -1.98. The Kier molecular flexibility index (Phi) is 3.71. The maximum atomic E-state index is 5.81. The van der Waals surface area contributed by atoms with Crippen LogP contribution in [-0.2, 0) is 0 Å². The molecule has 0 saturated carbocycles. The van der Waals surface area contributed by atoms with E-state index in [9.17, 15) is 0 Å². The van der Waals surface area contributed by atoms with Crippen LogP contribution in [0.15, 0.2) is 52.2 Å². The van der Waals surface area contributed by atoms with Gasteiger partial charge in [0.15, 0.2) is 0 Å². The van der Waals surface area contributed by atoms with E-state index in [1.54, 1.807) is 18.3 Å². The van der Waals surface area contributed by atoms with Gasteiger partial charge in [0.1, 0.15) is 11.0 Å². The van der Waals surface area contributed by atoms with Crippen molar-refractivity contribution in [2.75, 3.05) is 5.43 Å². The van der Waals surface area contributed by atoms with E-state index in [2.05, 4.69) is 36.4 Å². The monoisotopic (exact) mass is 348 g/mol. The van der Waals surface area contributed by atoms with Crippen LogP contribution in [0.3, 0.4) is 0 Å². The molecular formula is C14H10BrClN4. The average Bonchev–Trinajstić information content (AvgIpc) is 2.82. The second-order valence-electron chi connectivity index (χ2n) is 4.15. The van der Waals surface area contributed by atoms with E-state index in [0.717, 1.165) is 20.9 Å². The molecule has 6 heteroatoms. The summed E-state index contributed by atoms with van der Waals surface area (Å²) in [6, 6.07) is 11.4. The highest BCUT2D eigenvalue weighted by Gasteiger charge is 2.01. The van der Waals surface area contributed by atoms with E-state index in [4.69, 9.17) is 11.6 Å². The Morgan fingerprint density at radius 3 is 3.05 bits per heavy atom. The van der Waals surface area contributed by atoms with Crippen molar-refractivity contribution in [3.8, 4) is 0 Å². The van der Waals surface area contributed by atoms with Gasteiger partial charge in [0.05, 0.1) is 6.21 Å². The topological polar surface area (TPSA) is 53.1 Å². The number of H-pyrrole nitrogens is 1. The molecule has 0 fully saturated rings. The first-order chi connectivity index (χ1) is 9.72. The van der Waals surface area contributed by atoms with Gasteiger partial charge in [-0.25, -0.2) is 4.98 Å². The molecular weight excluding hydrogens is 340 g/mol. The van der Waals surface area contributed by atoms with Crippen LogP contribution in [0.5, 0.6) is 0 Å². The third-order valence-corrected chi connectivity index (χ3v) is 3.48. The molecule has 0 spiro atoms. The number of aromatic nitrogens is 2. The fourth-order valence-electron chi connectivity index (χ4n) is 1.86. The molecule has 2 aromatic heterocycles. The van der Waals surface area contributed by atoms with Gasteiger partial charge in [-0.2, -0.15) is 5.10 Å². The molecule has 0 aliphatic heterocycles. The number of aromatic amines is 1. The van der Waals surface area contributed by atoms with E-state index >= 15 is 0 Å². The molecule has 4 nitrogen and oxygen atoms in total. The SMILES string of the molecule is Clc1cccc(NN=Cc2c[nH]c3ccc(Br)cc23)n1. The second kappa shape index (κ2) is 5.64. The van der Waals surface area contributed by atoms with Crippen LogP contribution < -0.4 is 5.43 Å². The van der Waals surface area contributed by atoms with Crippen LogP contribution in [0.2, 0.25) is 5.15 Å². The summed E-state index contributed by atoms with van der Waals surface area (Å²) in [6.07, 6.45) is 3.65. The Hall–Kier alpha value is -1.85. The molecule has 2 N–H and O–H groups in total. The lowest BCUT2D eigenvalue weighted by molar-refractivity contribution is 1.23. The van der Waals surface area contributed by atoms with Crippen molar-refractivity contribution in [2.45, 2.75) is 0 Å². The minimum Gasteiger partial charge on any atom is -0.361 e. The van der Waals surface area contributed by atoms with Gasteiger partial charge >= 0.3 is 0 Å². The molecule has 1 aromatic carbocycles. The molecule has 0 radical (unpaired) electrons. The number of halogens is 2. The van der Waals surface area contributed by atoms with Gasteiger partial charge in [-0.05, 0) is 30.3 Å². The number of nitrogens with one attached hydrogen (secondary N) is 2. The van der Waals surface area contributed by atoms with Crippen LogP contribution in [-0.4, -0.2) is 16.2 Å². The molecule has 0 saturated heterocycles. The number of pyridine rings is 1. The zero-order valence-corrected chi connectivity index (χ0v) is 12.6. The number of hydrogen-bond donors (Lipinski definition) is 2. The van der Waals surface area contributed by atoms with E-state index in [0.29, 0.717) is 11.0 Å². The Morgan fingerprint density at radius 2 is 2.20 bits per heavy atom. The Morgan fingerprint density at radius 1 is 1.30 bits per heavy atom. The number of rotatable bonds is 3. The van der Waals surface area contributed by atoms with Crippen molar-refractivity contribution >= 4 is 50.5 Å². The molecule has 3 rings (SSSR count). The summed E-state index contributed by atoms with van der Waals surface area (Å²) in [5.74, 6) is 0.606. The van der Waals surface area contributed by atoms with Gasteiger partial charge in [-0.1, -0.05) is 33.6 Å². The summed E-state index contributed by atoms with van der Waals surface area (Å²) >= 11 is 9.27. The minimum atomic E-state index is 0.432. The maximum Gasteiger partial charge on any atom is 0.147 e. The van der Waals surface area contributed by atoms with Gasteiger partial charge in [0, 0.05) is 27.1 Å². The fraction of sp³-hybridized carbons (Fsp3) is 0. The quantitative estimate of drug-likeness (QED) is 0.418. The molecule has 3 aromatic rings. The Balaban J connectivity index is 1.82. The first-order valence-corrected chi connectivity index (χ1v) is 7.08. The molecule has 2 heterocycles. The molecule has 0 aliphatic carbocycles. The highest BCUT2D eigenvalue weighted by molar-refractivity contribution is 9.10. The highest BCUT2D eigenvalue weighted by atomic mass is 79.9. The lowest BCUT2D eigenvalue weighted by atomic mass is 10.2. The predicted octanol–water partition coefficient (Wildman–Crippen LogP) is 4.42. The van der Waals surface area contributed by atoms with Gasteiger partial charge < -0.3 is 4.98 Å². The third-order valence-electron chi connectivity index (χ3n) is 2.77. The van der Waals surface area contributed by atoms with Crippen LogP contribution in [0.25, 0.3) is 10.9 Å². The zero-order valence-electron chi connectivity index (χ0n) is 10.3. The molecule has 0 atom stereocenters. The Bertz CT molecular complexity index is 782. The second-order valence-corrected chi connectivity index (χ2v) is 5.45. The summed E-state index contributed by atoms with van der Waals surface area (Å²) in [4.78, 5) is 7.29. The van der Waals surface area contributed by atoms with Gasteiger partial charge in [-0.15, -0.1) is 0 Å². The maximum absolute atomic E-state index is 5.81. The van der Waals surface area contributed by atoms with E-state index in [-0.39, 0.29) is 0 Å². The van der Waals surface area contributed by atoms with E-state index in [1.165, 1.54) is 0 Å². The number of nitrogens with zero attached hydrogens (tertiary/aromatic N) is 2. The first-order valence-electron chi connectivity index (χ1n) is 5.91. The molecule has 100 valence electrons. The molecule has 0 amide bonds. The minimum absolute atomic E-state index is 0.432. The molecule has 0 bridgehead atoms. The van der Waals surface area contributed by atoms with Crippen molar-refractivity contribution in [1.29, 1.82) is 0 Å². The highest BCUT2D eigenvalue weighted by Crippen LogP contribution is 2.21. The van der Waals surface area contributed by atoms with Gasteiger partial charge in [0.2, 0.25) is 0 Å². The summed E-state index contributed by atoms with van der Waals surface area (Å²) in [7, 11) is 0. The van der Waals surface area contributed by atoms with Crippen LogP contribution in [0, 0.1) is 0 Å². The largest absolute Gasteiger partial charge is 0.361 e. The van der Waals surface area contributed by atoms with E-state index in [1.807, 2.05) is 30.5 Å². The molecule has 0 aliphatic rings.